The third-order valence-corrected chi connectivity index (χ3v) is 2.83. The largest absolute Gasteiger partial charge is 0.341 e. The van der Waals surface area contributed by atoms with Crippen LogP contribution in [0.15, 0.2) is 30.3 Å². The molecule has 1 aromatic carbocycles. The number of hydrogen-bond acceptors (Lipinski definition) is 5. The summed E-state index contributed by atoms with van der Waals surface area (Å²) >= 11 is 0. The second-order valence-electron chi connectivity index (χ2n) is 4.28. The molecule has 0 spiro atoms. The van der Waals surface area contributed by atoms with Gasteiger partial charge in [-0.05, 0) is 12.1 Å². The van der Waals surface area contributed by atoms with Crippen LogP contribution < -0.4 is 10.8 Å². The maximum absolute atomic E-state index is 12.3. The monoisotopic (exact) mass is 277 g/mol. The summed E-state index contributed by atoms with van der Waals surface area (Å²) in [6, 6.07) is 8.68. The molecule has 7 heteroatoms. The SMILES string of the molecule is CC(=O)ONC(=O)C1NCCN1C(=O)c1ccccc1. The van der Waals surface area contributed by atoms with Crippen molar-refractivity contribution in [2.75, 3.05) is 13.1 Å². The average molecular weight is 277 g/mol. The minimum Gasteiger partial charge on any atom is -0.341 e. The van der Waals surface area contributed by atoms with E-state index in [2.05, 4.69) is 10.2 Å². The highest BCUT2D eigenvalue weighted by Crippen LogP contribution is 2.10. The lowest BCUT2D eigenvalue weighted by atomic mass is 10.2. The molecule has 1 atom stereocenters. The molecule has 20 heavy (non-hydrogen) atoms. The maximum Gasteiger partial charge on any atom is 0.329 e. The lowest BCUT2D eigenvalue weighted by Crippen LogP contribution is -2.51. The third-order valence-electron chi connectivity index (χ3n) is 2.83. The van der Waals surface area contributed by atoms with Crippen molar-refractivity contribution in [2.24, 2.45) is 0 Å². The number of nitrogens with zero attached hydrogens (tertiary/aromatic N) is 1. The molecule has 1 fully saturated rings. The molecule has 0 bridgehead atoms. The summed E-state index contributed by atoms with van der Waals surface area (Å²) in [6.45, 7) is 2.08. The van der Waals surface area contributed by atoms with Crippen LogP contribution in [0.3, 0.4) is 0 Å². The van der Waals surface area contributed by atoms with Crippen molar-refractivity contribution < 1.29 is 19.2 Å². The van der Waals surface area contributed by atoms with E-state index >= 15 is 0 Å². The van der Waals surface area contributed by atoms with Crippen molar-refractivity contribution >= 4 is 17.8 Å². The van der Waals surface area contributed by atoms with Gasteiger partial charge >= 0.3 is 5.97 Å². The van der Waals surface area contributed by atoms with Crippen LogP contribution in [0.5, 0.6) is 0 Å². The standard InChI is InChI=1S/C13H15N3O4/c1-9(17)20-15-12(18)11-14-7-8-16(11)13(19)10-5-3-2-4-6-10/h2-6,11,14H,7-8H2,1H3,(H,15,18). The highest BCUT2D eigenvalue weighted by Gasteiger charge is 2.34. The molecule has 1 heterocycles. The molecule has 106 valence electrons. The number of carbonyl (C=O) groups excluding carboxylic acids is 3. The van der Waals surface area contributed by atoms with Gasteiger partial charge in [-0.15, -0.1) is 0 Å². The van der Waals surface area contributed by atoms with Crippen LogP contribution in [0.2, 0.25) is 0 Å². The molecule has 7 nitrogen and oxygen atoms in total. The van der Waals surface area contributed by atoms with E-state index in [-0.39, 0.29) is 5.91 Å². The van der Waals surface area contributed by atoms with Gasteiger partial charge in [0.1, 0.15) is 0 Å². The molecule has 2 rings (SSSR count). The number of nitrogens with one attached hydrogen (secondary N) is 2. The topological polar surface area (TPSA) is 87.7 Å². The fourth-order valence-electron chi connectivity index (χ4n) is 1.94. The maximum atomic E-state index is 12.3. The van der Waals surface area contributed by atoms with Gasteiger partial charge in [0.2, 0.25) is 0 Å². The normalized spacial score (nSPS) is 17.6. The van der Waals surface area contributed by atoms with Crippen LogP contribution in [0.25, 0.3) is 0 Å². The summed E-state index contributed by atoms with van der Waals surface area (Å²) in [4.78, 5) is 40.6. The first-order valence-corrected chi connectivity index (χ1v) is 6.16. The Kier molecular flexibility index (Phi) is 4.31. The van der Waals surface area contributed by atoms with Crippen molar-refractivity contribution in [3.63, 3.8) is 0 Å². The molecular weight excluding hydrogens is 262 g/mol. The third kappa shape index (κ3) is 3.12. The van der Waals surface area contributed by atoms with E-state index in [0.29, 0.717) is 18.7 Å². The summed E-state index contributed by atoms with van der Waals surface area (Å²) in [5.41, 5.74) is 2.52. The second-order valence-corrected chi connectivity index (χ2v) is 4.28. The van der Waals surface area contributed by atoms with Gasteiger partial charge in [-0.1, -0.05) is 18.2 Å². The molecule has 0 radical (unpaired) electrons. The van der Waals surface area contributed by atoms with Crippen LogP contribution >= 0.6 is 0 Å². The fourth-order valence-corrected chi connectivity index (χ4v) is 1.94. The van der Waals surface area contributed by atoms with Crippen LogP contribution in [0, 0.1) is 0 Å². The van der Waals surface area contributed by atoms with Crippen molar-refractivity contribution in [3.05, 3.63) is 35.9 Å². The van der Waals surface area contributed by atoms with Crippen molar-refractivity contribution in [3.8, 4) is 0 Å². The molecule has 1 aliphatic rings. The van der Waals surface area contributed by atoms with E-state index in [9.17, 15) is 14.4 Å². The average Bonchev–Trinajstić information content (AvgIpc) is 2.94. The first-order valence-electron chi connectivity index (χ1n) is 6.16. The highest BCUT2D eigenvalue weighted by molar-refractivity contribution is 5.97. The zero-order valence-corrected chi connectivity index (χ0v) is 11.0. The Labute approximate surface area is 115 Å². The Morgan fingerprint density at radius 1 is 1.30 bits per heavy atom. The van der Waals surface area contributed by atoms with Crippen LogP contribution in [0.1, 0.15) is 17.3 Å². The minimum atomic E-state index is -0.845. The van der Waals surface area contributed by atoms with Gasteiger partial charge in [-0.2, -0.15) is 5.48 Å². The van der Waals surface area contributed by atoms with Gasteiger partial charge < -0.3 is 9.74 Å². The van der Waals surface area contributed by atoms with Gasteiger partial charge in [0.25, 0.3) is 11.8 Å². The van der Waals surface area contributed by atoms with E-state index in [1.807, 2.05) is 11.5 Å². The van der Waals surface area contributed by atoms with Gasteiger partial charge in [-0.25, -0.2) is 0 Å². The quantitative estimate of drug-likeness (QED) is 0.722. The van der Waals surface area contributed by atoms with E-state index < -0.39 is 18.0 Å². The first kappa shape index (κ1) is 14.0. The Morgan fingerprint density at radius 2 is 2.00 bits per heavy atom. The number of amides is 2. The lowest BCUT2D eigenvalue weighted by Gasteiger charge is -2.22. The predicted octanol–water partition coefficient (Wildman–Crippen LogP) is -0.348. The number of hydroxylamine groups is 1. The molecule has 1 unspecified atom stereocenters. The van der Waals surface area contributed by atoms with Gasteiger partial charge in [0.05, 0.1) is 0 Å². The zero-order chi connectivity index (χ0) is 14.5. The summed E-state index contributed by atoms with van der Waals surface area (Å²) < 4.78 is 0. The Morgan fingerprint density at radius 3 is 2.65 bits per heavy atom. The molecule has 1 aliphatic heterocycles. The number of benzene rings is 1. The van der Waals surface area contributed by atoms with E-state index in [0.717, 1.165) is 0 Å². The molecule has 2 N–H and O–H groups in total. The summed E-state index contributed by atoms with van der Waals surface area (Å²) in [5, 5.41) is 2.88. The first-order chi connectivity index (χ1) is 9.59. The van der Waals surface area contributed by atoms with Crippen LogP contribution in [-0.4, -0.2) is 41.9 Å². The van der Waals surface area contributed by atoms with Crippen molar-refractivity contribution in [1.82, 2.24) is 15.7 Å². The summed E-state index contributed by atoms with van der Waals surface area (Å²) in [7, 11) is 0. The lowest BCUT2D eigenvalue weighted by molar-refractivity contribution is -0.157. The second kappa shape index (κ2) is 6.16. The van der Waals surface area contributed by atoms with Crippen LogP contribution in [0.4, 0.5) is 0 Å². The van der Waals surface area contributed by atoms with Gasteiger partial charge in [-0.3, -0.25) is 19.7 Å². The molecule has 0 saturated carbocycles. The fraction of sp³-hybridized carbons (Fsp3) is 0.308. The number of hydrogen-bond donors (Lipinski definition) is 2. The molecular formula is C13H15N3O4. The van der Waals surface area contributed by atoms with Crippen molar-refractivity contribution in [1.29, 1.82) is 0 Å². The molecule has 1 aromatic rings. The van der Waals surface area contributed by atoms with Gasteiger partial charge in [0, 0.05) is 25.6 Å². The molecule has 1 saturated heterocycles. The predicted molar refractivity (Wildman–Crippen MR) is 69.2 cm³/mol. The van der Waals surface area contributed by atoms with E-state index in [4.69, 9.17) is 0 Å². The molecule has 2 amide bonds. The van der Waals surface area contributed by atoms with Crippen molar-refractivity contribution in [2.45, 2.75) is 13.1 Å². The number of rotatable bonds is 2. The molecule has 0 aromatic heterocycles. The van der Waals surface area contributed by atoms with Gasteiger partial charge in [0.15, 0.2) is 6.17 Å². The summed E-state index contributed by atoms with van der Waals surface area (Å²) in [6.07, 6.45) is -0.845. The minimum absolute atomic E-state index is 0.251. The van der Waals surface area contributed by atoms with Crippen LogP contribution in [-0.2, 0) is 14.4 Å². The Balaban J connectivity index is 2.05. The Hall–Kier alpha value is -2.41. The van der Waals surface area contributed by atoms with E-state index in [1.165, 1.54) is 11.8 Å². The zero-order valence-electron chi connectivity index (χ0n) is 11.0. The molecule has 0 aliphatic carbocycles. The highest BCUT2D eigenvalue weighted by atomic mass is 16.7. The Bertz CT molecular complexity index is 518. The number of carbonyl (C=O) groups is 3. The summed E-state index contributed by atoms with van der Waals surface area (Å²) in [5.74, 6) is -1.46. The smallest absolute Gasteiger partial charge is 0.329 e. The van der Waals surface area contributed by atoms with E-state index in [1.54, 1.807) is 24.3 Å².